The van der Waals surface area contributed by atoms with Crippen molar-refractivity contribution >= 4 is 15.9 Å². The molecule has 1 atom stereocenters. The molecule has 0 aliphatic carbocycles. The number of halogens is 1. The molecule has 0 saturated carbocycles. The minimum atomic E-state index is -3.76. The van der Waals surface area contributed by atoms with Crippen molar-refractivity contribution in [2.45, 2.75) is 31.2 Å². The summed E-state index contributed by atoms with van der Waals surface area (Å²) in [5, 5.41) is 0. The average Bonchev–Trinajstić information content (AvgIpc) is 2.75. The highest BCUT2D eigenvalue weighted by molar-refractivity contribution is 7.89. The van der Waals surface area contributed by atoms with Gasteiger partial charge in [-0.3, -0.25) is 4.79 Å². The van der Waals surface area contributed by atoms with Crippen molar-refractivity contribution < 1.29 is 22.3 Å². The maximum atomic E-state index is 13.1. The fraction of sp³-hybridized carbons (Fsp3) is 0.409. The van der Waals surface area contributed by atoms with Crippen LogP contribution in [0.3, 0.4) is 0 Å². The van der Waals surface area contributed by atoms with E-state index in [1.807, 2.05) is 31.2 Å². The van der Waals surface area contributed by atoms with Crippen LogP contribution in [0.4, 0.5) is 4.39 Å². The van der Waals surface area contributed by atoms with Crippen molar-refractivity contribution in [3.05, 3.63) is 59.9 Å². The summed E-state index contributed by atoms with van der Waals surface area (Å²) >= 11 is 0. The summed E-state index contributed by atoms with van der Waals surface area (Å²) in [6, 6.07) is 12.3. The molecule has 30 heavy (non-hydrogen) atoms. The van der Waals surface area contributed by atoms with Gasteiger partial charge in [-0.15, -0.1) is 0 Å². The number of hydrogen-bond donors (Lipinski definition) is 0. The Hall–Kier alpha value is -2.45. The number of piperidine rings is 1. The van der Waals surface area contributed by atoms with E-state index in [2.05, 4.69) is 0 Å². The van der Waals surface area contributed by atoms with Crippen molar-refractivity contribution in [2.24, 2.45) is 5.92 Å². The lowest BCUT2D eigenvalue weighted by molar-refractivity contribution is -0.135. The number of nitrogens with zero attached hydrogens (tertiary/aromatic N) is 2. The third kappa shape index (κ3) is 5.17. The van der Waals surface area contributed by atoms with Gasteiger partial charge in [-0.05, 0) is 61.7 Å². The second-order valence-corrected chi connectivity index (χ2v) is 9.37. The van der Waals surface area contributed by atoms with Crippen LogP contribution in [0.25, 0.3) is 0 Å². The van der Waals surface area contributed by atoms with Crippen molar-refractivity contribution in [3.63, 3.8) is 0 Å². The quantitative estimate of drug-likeness (QED) is 0.671. The predicted octanol–water partition coefficient (Wildman–Crippen LogP) is 3.28. The molecule has 3 rings (SSSR count). The second kappa shape index (κ2) is 9.57. The molecule has 8 heteroatoms. The van der Waals surface area contributed by atoms with Crippen molar-refractivity contribution in [2.75, 3.05) is 26.7 Å². The van der Waals surface area contributed by atoms with Crippen LogP contribution in [0.2, 0.25) is 0 Å². The number of benzene rings is 2. The van der Waals surface area contributed by atoms with E-state index in [0.717, 1.165) is 23.4 Å². The van der Waals surface area contributed by atoms with E-state index in [4.69, 9.17) is 4.74 Å². The zero-order valence-electron chi connectivity index (χ0n) is 17.3. The Morgan fingerprint density at radius 1 is 1.17 bits per heavy atom. The van der Waals surface area contributed by atoms with E-state index in [0.29, 0.717) is 32.5 Å². The van der Waals surface area contributed by atoms with Gasteiger partial charge in [0.2, 0.25) is 15.9 Å². The summed E-state index contributed by atoms with van der Waals surface area (Å²) in [5.41, 5.74) is 0.973. The van der Waals surface area contributed by atoms with Crippen LogP contribution in [0, 0.1) is 11.7 Å². The molecule has 162 valence electrons. The number of amides is 1. The lowest BCUT2D eigenvalue weighted by atomic mass is 9.98. The Morgan fingerprint density at radius 2 is 1.83 bits per heavy atom. The average molecular weight is 435 g/mol. The number of carbonyl (C=O) groups is 1. The van der Waals surface area contributed by atoms with Crippen LogP contribution in [0.15, 0.2) is 53.4 Å². The van der Waals surface area contributed by atoms with Crippen LogP contribution in [0.5, 0.6) is 5.75 Å². The standard InChI is InChI=1S/C22H27FN2O4S/c1-3-29-20-10-6-17(7-11-20)15-24(2)22(26)18-5-4-14-25(16-18)30(27,28)21-12-8-19(23)9-13-21/h6-13,18H,3-5,14-16H2,1-2H3. The Bertz CT molecular complexity index is 962. The highest BCUT2D eigenvalue weighted by atomic mass is 32.2. The number of rotatable bonds is 7. The van der Waals surface area contributed by atoms with Crippen LogP contribution in [-0.2, 0) is 21.4 Å². The molecule has 0 radical (unpaired) electrons. The van der Waals surface area contributed by atoms with Crippen LogP contribution in [-0.4, -0.2) is 50.3 Å². The van der Waals surface area contributed by atoms with Gasteiger partial charge in [-0.1, -0.05) is 12.1 Å². The lowest BCUT2D eigenvalue weighted by Crippen LogP contribution is -2.45. The number of carbonyl (C=O) groups excluding carboxylic acids is 1. The monoisotopic (exact) mass is 434 g/mol. The Balaban J connectivity index is 1.65. The van der Waals surface area contributed by atoms with Gasteiger partial charge in [0, 0.05) is 26.7 Å². The lowest BCUT2D eigenvalue weighted by Gasteiger charge is -2.33. The summed E-state index contributed by atoms with van der Waals surface area (Å²) < 4.78 is 45.7. The van der Waals surface area contributed by atoms with E-state index in [9.17, 15) is 17.6 Å². The van der Waals surface area contributed by atoms with E-state index in [-0.39, 0.29) is 17.3 Å². The molecule has 0 N–H and O–H groups in total. The van der Waals surface area contributed by atoms with Crippen molar-refractivity contribution in [3.8, 4) is 5.75 Å². The highest BCUT2D eigenvalue weighted by Crippen LogP contribution is 2.25. The molecule has 2 aromatic carbocycles. The topological polar surface area (TPSA) is 66.9 Å². The van der Waals surface area contributed by atoms with Crippen molar-refractivity contribution in [1.82, 2.24) is 9.21 Å². The summed E-state index contributed by atoms with van der Waals surface area (Å²) in [5.74, 6) is -0.190. The summed E-state index contributed by atoms with van der Waals surface area (Å²) in [4.78, 5) is 14.6. The van der Waals surface area contributed by atoms with Gasteiger partial charge in [0.1, 0.15) is 11.6 Å². The Kier molecular flexibility index (Phi) is 7.10. The number of hydrogen-bond acceptors (Lipinski definition) is 4. The first-order chi connectivity index (χ1) is 14.3. The largest absolute Gasteiger partial charge is 0.494 e. The number of ether oxygens (including phenoxy) is 1. The molecule has 0 bridgehead atoms. The summed E-state index contributed by atoms with van der Waals surface area (Å²) in [6.45, 7) is 3.44. The molecule has 1 aliphatic rings. The van der Waals surface area contributed by atoms with Crippen LogP contribution >= 0.6 is 0 Å². The molecule has 1 saturated heterocycles. The first-order valence-electron chi connectivity index (χ1n) is 10.0. The zero-order chi connectivity index (χ0) is 21.7. The van der Waals surface area contributed by atoms with Crippen LogP contribution < -0.4 is 4.74 Å². The first-order valence-corrected chi connectivity index (χ1v) is 11.5. The molecular weight excluding hydrogens is 407 g/mol. The molecule has 0 aromatic heterocycles. The van der Waals surface area contributed by atoms with Gasteiger partial charge in [-0.25, -0.2) is 12.8 Å². The van der Waals surface area contributed by atoms with Gasteiger partial charge in [0.05, 0.1) is 17.4 Å². The summed E-state index contributed by atoms with van der Waals surface area (Å²) in [7, 11) is -2.03. The fourth-order valence-electron chi connectivity index (χ4n) is 3.64. The highest BCUT2D eigenvalue weighted by Gasteiger charge is 2.34. The van der Waals surface area contributed by atoms with Gasteiger partial charge in [0.15, 0.2) is 0 Å². The smallest absolute Gasteiger partial charge is 0.243 e. The minimum Gasteiger partial charge on any atom is -0.494 e. The maximum absolute atomic E-state index is 13.1. The second-order valence-electron chi connectivity index (χ2n) is 7.43. The third-order valence-corrected chi connectivity index (χ3v) is 7.09. The molecular formula is C22H27FN2O4S. The fourth-order valence-corrected chi connectivity index (χ4v) is 5.16. The molecule has 1 amide bonds. The van der Waals surface area contributed by atoms with E-state index >= 15 is 0 Å². The van der Waals surface area contributed by atoms with E-state index in [1.54, 1.807) is 11.9 Å². The van der Waals surface area contributed by atoms with Crippen LogP contribution in [0.1, 0.15) is 25.3 Å². The van der Waals surface area contributed by atoms with Crippen molar-refractivity contribution in [1.29, 1.82) is 0 Å². The molecule has 1 aliphatic heterocycles. The van der Waals surface area contributed by atoms with Gasteiger partial charge >= 0.3 is 0 Å². The molecule has 2 aromatic rings. The molecule has 1 fully saturated rings. The van der Waals surface area contributed by atoms with E-state index < -0.39 is 21.8 Å². The predicted molar refractivity (Wildman–Crippen MR) is 112 cm³/mol. The molecule has 1 heterocycles. The van der Waals surface area contributed by atoms with Gasteiger partial charge in [0.25, 0.3) is 0 Å². The zero-order valence-corrected chi connectivity index (χ0v) is 18.1. The Labute approximate surface area is 177 Å². The van der Waals surface area contributed by atoms with Gasteiger partial charge in [-0.2, -0.15) is 4.31 Å². The molecule has 1 unspecified atom stereocenters. The van der Waals surface area contributed by atoms with Gasteiger partial charge < -0.3 is 9.64 Å². The molecule has 0 spiro atoms. The SMILES string of the molecule is CCOc1ccc(CN(C)C(=O)C2CCCN(S(=O)(=O)c3ccc(F)cc3)C2)cc1. The van der Waals surface area contributed by atoms with E-state index in [1.165, 1.54) is 16.4 Å². The maximum Gasteiger partial charge on any atom is 0.243 e. The summed E-state index contributed by atoms with van der Waals surface area (Å²) in [6.07, 6.45) is 1.25. The normalized spacial score (nSPS) is 17.5. The first kappa shape index (κ1) is 22.2. The molecule has 6 nitrogen and oxygen atoms in total. The number of sulfonamides is 1. The third-order valence-electron chi connectivity index (χ3n) is 5.22. The minimum absolute atomic E-state index is 0.0414. The Morgan fingerprint density at radius 3 is 2.47 bits per heavy atom.